The summed E-state index contributed by atoms with van der Waals surface area (Å²) in [5, 5.41) is 5.40. The summed E-state index contributed by atoms with van der Waals surface area (Å²) in [6, 6.07) is 13.6. The predicted molar refractivity (Wildman–Crippen MR) is 141 cm³/mol. The molecule has 4 heterocycles. The van der Waals surface area contributed by atoms with Crippen molar-refractivity contribution in [2.45, 2.75) is 25.8 Å². The van der Waals surface area contributed by atoms with E-state index in [2.05, 4.69) is 27.4 Å². The molecule has 3 N–H and O–H groups in total. The SMILES string of the molecule is Nc1ccccc1CNC1=C\CC/C=c2/c(N3CCN(C(=O)Cc4ccncc4)CC3)ncc/c2=N/1. The van der Waals surface area contributed by atoms with Crippen molar-refractivity contribution in [1.29, 1.82) is 0 Å². The molecule has 0 bridgehead atoms. The first-order valence-electron chi connectivity index (χ1n) is 12.4. The summed E-state index contributed by atoms with van der Waals surface area (Å²) >= 11 is 0. The molecule has 0 spiro atoms. The van der Waals surface area contributed by atoms with E-state index in [9.17, 15) is 4.79 Å². The average molecular weight is 482 g/mol. The van der Waals surface area contributed by atoms with Gasteiger partial charge >= 0.3 is 0 Å². The second-order valence-electron chi connectivity index (χ2n) is 9.00. The summed E-state index contributed by atoms with van der Waals surface area (Å²) in [4.78, 5) is 30.7. The highest BCUT2D eigenvalue weighted by molar-refractivity contribution is 5.79. The van der Waals surface area contributed by atoms with E-state index >= 15 is 0 Å². The zero-order chi connectivity index (χ0) is 24.7. The smallest absolute Gasteiger partial charge is 0.227 e. The number of anilines is 2. The number of nitrogens with two attached hydrogens (primary N) is 1. The number of carbonyl (C=O) groups excluding carboxylic acids is 1. The van der Waals surface area contributed by atoms with Crippen LogP contribution in [0.2, 0.25) is 0 Å². The number of fused-ring (bicyclic) bond motifs is 1. The molecule has 1 fully saturated rings. The number of piperazine rings is 1. The van der Waals surface area contributed by atoms with E-state index in [-0.39, 0.29) is 5.91 Å². The van der Waals surface area contributed by atoms with Gasteiger partial charge in [0.15, 0.2) is 0 Å². The van der Waals surface area contributed by atoms with Gasteiger partial charge in [0.25, 0.3) is 0 Å². The fourth-order valence-corrected chi connectivity index (χ4v) is 4.57. The molecule has 36 heavy (non-hydrogen) atoms. The van der Waals surface area contributed by atoms with Crippen molar-refractivity contribution >= 4 is 23.5 Å². The number of rotatable bonds is 6. The van der Waals surface area contributed by atoms with Gasteiger partial charge in [-0.2, -0.15) is 0 Å². The van der Waals surface area contributed by atoms with Gasteiger partial charge in [0.2, 0.25) is 5.91 Å². The van der Waals surface area contributed by atoms with Crippen LogP contribution in [0.25, 0.3) is 6.08 Å². The lowest BCUT2D eigenvalue weighted by Crippen LogP contribution is -2.51. The Morgan fingerprint density at radius 1 is 0.944 bits per heavy atom. The minimum Gasteiger partial charge on any atom is -0.398 e. The van der Waals surface area contributed by atoms with E-state index in [0.717, 1.165) is 65.0 Å². The lowest BCUT2D eigenvalue weighted by molar-refractivity contribution is -0.130. The van der Waals surface area contributed by atoms with Crippen LogP contribution >= 0.6 is 0 Å². The first kappa shape index (κ1) is 23.5. The highest BCUT2D eigenvalue weighted by atomic mass is 16.2. The summed E-state index contributed by atoms with van der Waals surface area (Å²) in [5.74, 6) is 1.93. The number of hydrogen-bond acceptors (Lipinski definition) is 7. The van der Waals surface area contributed by atoms with E-state index < -0.39 is 0 Å². The van der Waals surface area contributed by atoms with Crippen molar-refractivity contribution in [2.75, 3.05) is 36.8 Å². The number of para-hydroxylation sites is 1. The molecule has 2 aliphatic heterocycles. The van der Waals surface area contributed by atoms with E-state index in [0.29, 0.717) is 26.1 Å². The van der Waals surface area contributed by atoms with Crippen molar-refractivity contribution in [3.8, 4) is 0 Å². The fraction of sp³-hybridized carbons (Fsp3) is 0.286. The third-order valence-electron chi connectivity index (χ3n) is 6.59. The van der Waals surface area contributed by atoms with Crippen LogP contribution in [-0.2, 0) is 17.8 Å². The Kier molecular flexibility index (Phi) is 7.21. The number of carbonyl (C=O) groups is 1. The molecule has 5 rings (SSSR count). The van der Waals surface area contributed by atoms with Crippen LogP contribution in [0.15, 0.2) is 77.9 Å². The van der Waals surface area contributed by atoms with Crippen LogP contribution in [0.1, 0.15) is 24.0 Å². The van der Waals surface area contributed by atoms with E-state index in [4.69, 9.17) is 15.7 Å². The lowest BCUT2D eigenvalue weighted by atomic mass is 10.1. The van der Waals surface area contributed by atoms with Gasteiger partial charge in [-0.25, -0.2) is 9.98 Å². The van der Waals surface area contributed by atoms with Crippen molar-refractivity contribution < 1.29 is 4.79 Å². The zero-order valence-electron chi connectivity index (χ0n) is 20.3. The maximum Gasteiger partial charge on any atom is 0.227 e. The van der Waals surface area contributed by atoms with Crippen LogP contribution < -0.4 is 26.5 Å². The molecule has 0 saturated carbocycles. The minimum atomic E-state index is 0.152. The van der Waals surface area contributed by atoms with Crippen molar-refractivity contribution in [1.82, 2.24) is 20.2 Å². The summed E-state index contributed by atoms with van der Waals surface area (Å²) < 4.78 is 0. The Morgan fingerprint density at radius 3 is 2.53 bits per heavy atom. The standard InChI is InChI=1S/C28H31N7O/c29-24-7-3-1-5-22(24)20-32-26-8-4-2-6-23-25(33-26)11-14-31-28(23)35-17-15-34(16-18-35)27(36)19-21-9-12-30-13-10-21/h1,3,5-14,32H,2,4,15-20,29H2/b23-6+,26-8-,33-25-. The predicted octanol–water partition coefficient (Wildman–Crippen LogP) is 1.78. The number of allylic oxidation sites excluding steroid dienone is 1. The average Bonchev–Trinajstić information content (AvgIpc) is 2.89. The summed E-state index contributed by atoms with van der Waals surface area (Å²) in [6.45, 7) is 3.46. The van der Waals surface area contributed by atoms with Crippen molar-refractivity contribution in [3.05, 3.63) is 94.7 Å². The largest absolute Gasteiger partial charge is 0.398 e. The molecular weight excluding hydrogens is 450 g/mol. The third-order valence-corrected chi connectivity index (χ3v) is 6.59. The minimum absolute atomic E-state index is 0.152. The molecular formula is C28H31N7O. The quantitative estimate of drug-likeness (QED) is 0.521. The number of aromatic nitrogens is 2. The highest BCUT2D eigenvalue weighted by Gasteiger charge is 2.23. The molecule has 2 aromatic heterocycles. The topological polar surface area (TPSA) is 99.7 Å². The summed E-state index contributed by atoms with van der Waals surface area (Å²) in [5.41, 5.74) is 8.92. The van der Waals surface area contributed by atoms with Crippen LogP contribution in [0.5, 0.6) is 0 Å². The molecule has 184 valence electrons. The Hall–Kier alpha value is -4.20. The highest BCUT2D eigenvalue weighted by Crippen LogP contribution is 2.13. The summed E-state index contributed by atoms with van der Waals surface area (Å²) in [6.07, 6.45) is 11.8. The Labute approximate surface area is 210 Å². The third kappa shape index (κ3) is 5.54. The number of benzene rings is 1. The van der Waals surface area contributed by atoms with Gasteiger partial charge in [-0.05, 0) is 54.3 Å². The zero-order valence-corrected chi connectivity index (χ0v) is 20.3. The molecule has 0 unspecified atom stereocenters. The van der Waals surface area contributed by atoms with Gasteiger partial charge in [-0.3, -0.25) is 9.78 Å². The maximum atomic E-state index is 12.8. The first-order valence-corrected chi connectivity index (χ1v) is 12.4. The number of nitrogens with one attached hydrogen (secondary N) is 1. The van der Waals surface area contributed by atoms with Gasteiger partial charge in [-0.1, -0.05) is 24.3 Å². The van der Waals surface area contributed by atoms with E-state index in [1.165, 1.54) is 0 Å². The molecule has 8 nitrogen and oxygen atoms in total. The number of pyridine rings is 2. The number of nitrogens with zero attached hydrogens (tertiary/aromatic N) is 5. The Morgan fingerprint density at radius 2 is 1.72 bits per heavy atom. The Bertz CT molecular complexity index is 1360. The van der Waals surface area contributed by atoms with Gasteiger partial charge in [0, 0.05) is 62.2 Å². The van der Waals surface area contributed by atoms with Gasteiger partial charge in [0.05, 0.1) is 11.8 Å². The monoisotopic (exact) mass is 481 g/mol. The van der Waals surface area contributed by atoms with Crippen LogP contribution in [0.4, 0.5) is 11.5 Å². The summed E-state index contributed by atoms with van der Waals surface area (Å²) in [7, 11) is 0. The van der Waals surface area contributed by atoms with Crippen LogP contribution in [0.3, 0.4) is 0 Å². The van der Waals surface area contributed by atoms with Gasteiger partial charge in [-0.15, -0.1) is 0 Å². The molecule has 0 radical (unpaired) electrons. The van der Waals surface area contributed by atoms with Crippen molar-refractivity contribution in [3.63, 3.8) is 0 Å². The molecule has 0 atom stereocenters. The maximum absolute atomic E-state index is 12.8. The van der Waals surface area contributed by atoms with Gasteiger partial charge < -0.3 is 20.9 Å². The number of amides is 1. The second-order valence-corrected chi connectivity index (χ2v) is 9.00. The van der Waals surface area contributed by atoms with E-state index in [1.807, 2.05) is 53.6 Å². The number of hydrogen-bond donors (Lipinski definition) is 2. The molecule has 3 aromatic rings. The number of nitrogen functional groups attached to an aromatic ring is 1. The normalized spacial score (nSPS) is 18.8. The molecule has 2 aliphatic rings. The lowest BCUT2D eigenvalue weighted by Gasteiger charge is -2.35. The fourth-order valence-electron chi connectivity index (χ4n) is 4.57. The molecule has 8 heteroatoms. The first-order chi connectivity index (χ1) is 17.7. The Balaban J connectivity index is 1.29. The van der Waals surface area contributed by atoms with Gasteiger partial charge in [0.1, 0.15) is 11.6 Å². The van der Waals surface area contributed by atoms with Crippen molar-refractivity contribution in [2.24, 2.45) is 4.99 Å². The molecule has 1 saturated heterocycles. The van der Waals surface area contributed by atoms with E-state index in [1.54, 1.807) is 12.4 Å². The second kappa shape index (κ2) is 11.0. The molecule has 1 aromatic carbocycles. The molecule has 0 aliphatic carbocycles. The van der Waals surface area contributed by atoms with Crippen LogP contribution in [0, 0.1) is 0 Å². The van der Waals surface area contributed by atoms with Crippen LogP contribution in [-0.4, -0.2) is 47.0 Å². The molecule has 1 amide bonds.